The molecule has 1 aromatic carbocycles. The molecule has 3 rings (SSSR count). The normalized spacial score (nSPS) is 13.3. The van der Waals surface area contributed by atoms with E-state index < -0.39 is 5.97 Å². The molecule has 0 saturated carbocycles. The number of benzene rings is 1. The maximum atomic E-state index is 12.3. The summed E-state index contributed by atoms with van der Waals surface area (Å²) in [4.78, 5) is 29.0. The number of ether oxygens (including phenoxy) is 1. The minimum Gasteiger partial charge on any atom is -0.427 e. The van der Waals surface area contributed by atoms with Crippen molar-refractivity contribution in [3.05, 3.63) is 40.4 Å². The average Bonchev–Trinajstić information content (AvgIpc) is 2.89. The number of hydrogen-bond acceptors (Lipinski definition) is 5. The predicted molar refractivity (Wildman–Crippen MR) is 84.5 cm³/mol. The fourth-order valence-corrected chi connectivity index (χ4v) is 3.49. The number of anilines is 1. The Morgan fingerprint density at radius 3 is 2.86 bits per heavy atom. The van der Waals surface area contributed by atoms with E-state index in [1.54, 1.807) is 35.6 Å². The van der Waals surface area contributed by atoms with Gasteiger partial charge in [0.1, 0.15) is 5.75 Å². The number of carbonyl (C=O) groups excluding carboxylic acids is 2. The van der Waals surface area contributed by atoms with Crippen LogP contribution >= 0.6 is 11.3 Å². The van der Waals surface area contributed by atoms with Crippen LogP contribution in [0.4, 0.5) is 5.13 Å². The van der Waals surface area contributed by atoms with Crippen molar-refractivity contribution in [1.29, 1.82) is 0 Å². The molecule has 0 saturated heterocycles. The first kappa shape index (κ1) is 14.7. The number of nitrogens with zero attached hydrogens (tertiary/aromatic N) is 1. The van der Waals surface area contributed by atoms with Gasteiger partial charge in [-0.05, 0) is 43.9 Å². The van der Waals surface area contributed by atoms with Crippen LogP contribution in [-0.2, 0) is 17.6 Å². The molecule has 0 aliphatic heterocycles. The van der Waals surface area contributed by atoms with Gasteiger partial charge in [0, 0.05) is 17.4 Å². The molecule has 5 nitrogen and oxygen atoms in total. The van der Waals surface area contributed by atoms with E-state index in [9.17, 15) is 9.59 Å². The lowest BCUT2D eigenvalue weighted by Gasteiger charge is -2.06. The number of carbonyl (C=O) groups is 2. The van der Waals surface area contributed by atoms with Crippen LogP contribution in [0.3, 0.4) is 0 Å². The van der Waals surface area contributed by atoms with E-state index in [4.69, 9.17) is 4.74 Å². The molecule has 0 unspecified atom stereocenters. The Labute approximate surface area is 132 Å². The lowest BCUT2D eigenvalue weighted by molar-refractivity contribution is -0.131. The van der Waals surface area contributed by atoms with Crippen molar-refractivity contribution in [2.75, 3.05) is 5.32 Å². The minimum absolute atomic E-state index is 0.250. The summed E-state index contributed by atoms with van der Waals surface area (Å²) in [5.74, 6) is -0.302. The number of rotatable bonds is 3. The molecule has 6 heteroatoms. The molecule has 22 heavy (non-hydrogen) atoms. The van der Waals surface area contributed by atoms with Crippen LogP contribution in [0.1, 0.15) is 40.7 Å². The summed E-state index contributed by atoms with van der Waals surface area (Å²) in [5, 5.41) is 3.46. The average molecular weight is 316 g/mol. The standard InChI is InChI=1S/C16H16N2O3S/c1-10(19)21-12-6-4-5-11(9-12)15(20)18-16-17-13-7-2-3-8-14(13)22-16/h4-6,9H,2-3,7-8H2,1H3,(H,17,18,20). The highest BCUT2D eigenvalue weighted by Crippen LogP contribution is 2.29. The van der Waals surface area contributed by atoms with Gasteiger partial charge in [-0.3, -0.25) is 14.9 Å². The topological polar surface area (TPSA) is 68.3 Å². The molecule has 0 bridgehead atoms. The maximum absolute atomic E-state index is 12.3. The van der Waals surface area contributed by atoms with E-state index >= 15 is 0 Å². The quantitative estimate of drug-likeness (QED) is 0.697. The highest BCUT2D eigenvalue weighted by atomic mass is 32.1. The molecule has 0 radical (unpaired) electrons. The van der Waals surface area contributed by atoms with Crippen LogP contribution in [0.2, 0.25) is 0 Å². The van der Waals surface area contributed by atoms with Gasteiger partial charge in [-0.25, -0.2) is 4.98 Å². The molecule has 2 aromatic rings. The van der Waals surface area contributed by atoms with Crippen molar-refractivity contribution >= 4 is 28.3 Å². The van der Waals surface area contributed by atoms with Crippen molar-refractivity contribution in [1.82, 2.24) is 4.98 Å². The van der Waals surface area contributed by atoms with Crippen LogP contribution in [0.15, 0.2) is 24.3 Å². The number of fused-ring (bicyclic) bond motifs is 1. The third-order valence-electron chi connectivity index (χ3n) is 3.42. The Hall–Kier alpha value is -2.21. The summed E-state index contributed by atoms with van der Waals surface area (Å²) >= 11 is 1.54. The lowest BCUT2D eigenvalue weighted by atomic mass is 10.0. The molecule has 1 amide bonds. The van der Waals surface area contributed by atoms with E-state index in [1.807, 2.05) is 0 Å². The maximum Gasteiger partial charge on any atom is 0.308 e. The summed E-state index contributed by atoms with van der Waals surface area (Å²) in [6, 6.07) is 6.54. The molecule has 1 aromatic heterocycles. The Balaban J connectivity index is 1.74. The second-order valence-electron chi connectivity index (χ2n) is 5.17. The zero-order valence-electron chi connectivity index (χ0n) is 12.2. The van der Waals surface area contributed by atoms with E-state index in [2.05, 4.69) is 10.3 Å². The van der Waals surface area contributed by atoms with Gasteiger partial charge < -0.3 is 4.74 Å². The van der Waals surface area contributed by atoms with Crippen molar-refractivity contribution in [2.45, 2.75) is 32.6 Å². The molecule has 0 atom stereocenters. The molecule has 1 aliphatic rings. The van der Waals surface area contributed by atoms with E-state index in [0.717, 1.165) is 25.0 Å². The summed E-state index contributed by atoms with van der Waals surface area (Å²) in [6.07, 6.45) is 4.38. The smallest absolute Gasteiger partial charge is 0.308 e. The predicted octanol–water partition coefficient (Wildman–Crippen LogP) is 3.20. The van der Waals surface area contributed by atoms with Crippen molar-refractivity contribution in [3.8, 4) is 5.75 Å². The zero-order valence-corrected chi connectivity index (χ0v) is 13.0. The SMILES string of the molecule is CC(=O)Oc1cccc(C(=O)Nc2nc3c(s2)CCCC3)c1. The Bertz CT molecular complexity index is 700. The van der Waals surface area contributed by atoms with E-state index in [-0.39, 0.29) is 5.91 Å². The summed E-state index contributed by atoms with van der Waals surface area (Å²) < 4.78 is 4.99. The second kappa shape index (κ2) is 6.27. The van der Waals surface area contributed by atoms with E-state index in [0.29, 0.717) is 16.4 Å². The van der Waals surface area contributed by atoms with Gasteiger partial charge >= 0.3 is 5.97 Å². The molecule has 114 valence electrons. The van der Waals surface area contributed by atoms with Gasteiger partial charge in [-0.1, -0.05) is 6.07 Å². The first-order valence-electron chi connectivity index (χ1n) is 7.20. The molecular formula is C16H16N2O3S. The first-order valence-corrected chi connectivity index (χ1v) is 8.02. The van der Waals surface area contributed by atoms with Gasteiger partial charge in [0.05, 0.1) is 5.69 Å². The molecule has 1 aliphatic carbocycles. The van der Waals surface area contributed by atoms with Crippen LogP contribution in [0, 0.1) is 0 Å². The number of aryl methyl sites for hydroxylation is 2. The number of nitrogens with one attached hydrogen (secondary N) is 1. The summed E-state index contributed by atoms with van der Waals surface area (Å²) in [7, 11) is 0. The number of thiazole rings is 1. The third kappa shape index (κ3) is 3.33. The first-order chi connectivity index (χ1) is 10.6. The highest BCUT2D eigenvalue weighted by Gasteiger charge is 2.17. The van der Waals surface area contributed by atoms with Crippen molar-refractivity contribution < 1.29 is 14.3 Å². The van der Waals surface area contributed by atoms with Gasteiger partial charge in [0.25, 0.3) is 5.91 Å². The van der Waals surface area contributed by atoms with Gasteiger partial charge in [-0.2, -0.15) is 0 Å². The summed E-state index contributed by atoms with van der Waals surface area (Å²) in [6.45, 7) is 1.33. The minimum atomic E-state index is -0.412. The molecular weight excluding hydrogens is 300 g/mol. The number of amides is 1. The monoisotopic (exact) mass is 316 g/mol. The van der Waals surface area contributed by atoms with Gasteiger partial charge in [0.15, 0.2) is 5.13 Å². The number of aromatic nitrogens is 1. The fourth-order valence-electron chi connectivity index (χ4n) is 2.44. The van der Waals surface area contributed by atoms with E-state index in [1.165, 1.54) is 18.2 Å². The largest absolute Gasteiger partial charge is 0.427 e. The van der Waals surface area contributed by atoms with Crippen molar-refractivity contribution in [2.24, 2.45) is 0 Å². The highest BCUT2D eigenvalue weighted by molar-refractivity contribution is 7.15. The van der Waals surface area contributed by atoms with Crippen LogP contribution in [0.5, 0.6) is 5.75 Å². The van der Waals surface area contributed by atoms with Crippen molar-refractivity contribution in [3.63, 3.8) is 0 Å². The zero-order chi connectivity index (χ0) is 15.5. The molecule has 1 heterocycles. The molecule has 0 fully saturated rings. The van der Waals surface area contributed by atoms with Crippen LogP contribution in [-0.4, -0.2) is 16.9 Å². The Morgan fingerprint density at radius 2 is 2.09 bits per heavy atom. The number of esters is 1. The molecule has 0 spiro atoms. The Morgan fingerprint density at radius 1 is 1.27 bits per heavy atom. The second-order valence-corrected chi connectivity index (χ2v) is 6.26. The van der Waals surface area contributed by atoms with Gasteiger partial charge in [-0.15, -0.1) is 11.3 Å². The van der Waals surface area contributed by atoms with Gasteiger partial charge in [0.2, 0.25) is 0 Å². The fraction of sp³-hybridized carbons (Fsp3) is 0.312. The van der Waals surface area contributed by atoms with Crippen LogP contribution in [0.25, 0.3) is 0 Å². The molecule has 1 N–H and O–H groups in total. The van der Waals surface area contributed by atoms with Crippen LogP contribution < -0.4 is 10.1 Å². The number of hydrogen-bond donors (Lipinski definition) is 1. The third-order valence-corrected chi connectivity index (χ3v) is 4.50. The summed E-state index contributed by atoms with van der Waals surface area (Å²) in [5.41, 5.74) is 1.55. The Kier molecular flexibility index (Phi) is 4.20. The lowest BCUT2D eigenvalue weighted by Crippen LogP contribution is -2.12.